The average Bonchev–Trinajstić information content (AvgIpc) is 2.63. The number of para-hydroxylation sites is 2. The second kappa shape index (κ2) is 7.98. The van der Waals surface area contributed by atoms with Crippen molar-refractivity contribution >= 4 is 11.4 Å². The van der Waals surface area contributed by atoms with Crippen LogP contribution in [-0.4, -0.2) is 9.85 Å². The molecule has 0 aliphatic carbocycles. The summed E-state index contributed by atoms with van der Waals surface area (Å²) >= 11 is 0. The number of nitro groups is 2. The molecule has 0 saturated heterocycles. The Morgan fingerprint density at radius 2 is 1.16 bits per heavy atom. The highest BCUT2D eigenvalue weighted by atomic mass is 16.6. The van der Waals surface area contributed by atoms with Crippen LogP contribution in [-0.2, 0) is 4.74 Å². The highest BCUT2D eigenvalue weighted by Gasteiger charge is 2.26. The number of hydrogen-bond donors (Lipinski definition) is 0. The van der Waals surface area contributed by atoms with Crippen molar-refractivity contribution < 1.29 is 14.6 Å². The predicted molar refractivity (Wildman–Crippen MR) is 93.2 cm³/mol. The monoisotopic (exact) mass is 340 g/mol. The molecule has 128 valence electrons. The van der Waals surface area contributed by atoms with Crippen molar-refractivity contribution in [2.75, 3.05) is 0 Å². The van der Waals surface area contributed by atoms with Crippen LogP contribution in [0.1, 0.15) is 23.3 Å². The van der Waals surface area contributed by atoms with Crippen LogP contribution in [0.2, 0.25) is 0 Å². The number of nitro benzene ring substituents is 2. The zero-order valence-electron chi connectivity index (χ0n) is 13.3. The Morgan fingerprint density at radius 1 is 0.800 bits per heavy atom. The number of benzene rings is 2. The van der Waals surface area contributed by atoms with E-state index in [-0.39, 0.29) is 11.4 Å². The van der Waals surface area contributed by atoms with E-state index in [9.17, 15) is 20.2 Å². The fraction of sp³-hybridized carbons (Fsp3) is 0.111. The Kier molecular flexibility index (Phi) is 5.75. The second-order valence-electron chi connectivity index (χ2n) is 5.08. The summed E-state index contributed by atoms with van der Waals surface area (Å²) in [6.45, 7) is 7.32. The summed E-state index contributed by atoms with van der Waals surface area (Å²) in [7, 11) is 0. The quantitative estimate of drug-likeness (QED) is 0.395. The maximum Gasteiger partial charge on any atom is 0.275 e. The molecule has 0 saturated carbocycles. The van der Waals surface area contributed by atoms with Crippen molar-refractivity contribution in [1.29, 1.82) is 0 Å². The first-order valence-corrected chi connectivity index (χ1v) is 7.36. The predicted octanol–water partition coefficient (Wildman–Crippen LogP) is 4.67. The van der Waals surface area contributed by atoms with E-state index >= 15 is 0 Å². The van der Waals surface area contributed by atoms with E-state index < -0.39 is 22.1 Å². The molecule has 2 unspecified atom stereocenters. The van der Waals surface area contributed by atoms with Gasteiger partial charge in [0.15, 0.2) is 0 Å². The molecule has 0 bridgehead atoms. The van der Waals surface area contributed by atoms with E-state index in [2.05, 4.69) is 13.2 Å². The van der Waals surface area contributed by atoms with Gasteiger partial charge in [-0.15, -0.1) is 13.2 Å². The van der Waals surface area contributed by atoms with Crippen molar-refractivity contribution in [3.63, 3.8) is 0 Å². The fourth-order valence-corrected chi connectivity index (χ4v) is 2.46. The van der Waals surface area contributed by atoms with Crippen LogP contribution < -0.4 is 0 Å². The van der Waals surface area contributed by atoms with Gasteiger partial charge in [0.1, 0.15) is 12.2 Å². The highest BCUT2D eigenvalue weighted by Crippen LogP contribution is 2.35. The molecule has 25 heavy (non-hydrogen) atoms. The third-order valence-corrected chi connectivity index (χ3v) is 3.60. The summed E-state index contributed by atoms with van der Waals surface area (Å²) in [6.07, 6.45) is 1.16. The van der Waals surface area contributed by atoms with Gasteiger partial charge in [-0.25, -0.2) is 0 Å². The number of rotatable bonds is 8. The number of hydrogen-bond acceptors (Lipinski definition) is 5. The van der Waals surface area contributed by atoms with Gasteiger partial charge in [-0.05, 0) is 12.1 Å². The molecule has 2 rings (SSSR count). The standard InChI is InChI=1S/C18H16N2O5/c1-3-17(13-9-5-7-11-15(13)19(21)22)25-18(4-2)14-10-6-8-12-16(14)20(23)24/h3-12,17-18H,1-2H2. The van der Waals surface area contributed by atoms with Gasteiger partial charge in [0.25, 0.3) is 11.4 Å². The van der Waals surface area contributed by atoms with Gasteiger partial charge >= 0.3 is 0 Å². The van der Waals surface area contributed by atoms with Gasteiger partial charge in [0.05, 0.1) is 21.0 Å². The lowest BCUT2D eigenvalue weighted by atomic mass is 10.0. The van der Waals surface area contributed by atoms with Crippen LogP contribution in [0.3, 0.4) is 0 Å². The summed E-state index contributed by atoms with van der Waals surface area (Å²) in [5.41, 5.74) is 0.399. The van der Waals surface area contributed by atoms with Crippen molar-refractivity contribution in [2.24, 2.45) is 0 Å². The lowest BCUT2D eigenvalue weighted by Gasteiger charge is -2.21. The van der Waals surface area contributed by atoms with E-state index in [0.717, 1.165) is 0 Å². The molecule has 0 N–H and O–H groups in total. The van der Waals surface area contributed by atoms with E-state index in [1.54, 1.807) is 36.4 Å². The van der Waals surface area contributed by atoms with Crippen LogP contribution in [0.5, 0.6) is 0 Å². The van der Waals surface area contributed by atoms with Gasteiger partial charge in [0, 0.05) is 12.1 Å². The van der Waals surface area contributed by atoms with Crippen LogP contribution in [0.25, 0.3) is 0 Å². The van der Waals surface area contributed by atoms with Gasteiger partial charge in [-0.2, -0.15) is 0 Å². The third kappa shape index (κ3) is 3.96. The summed E-state index contributed by atoms with van der Waals surface area (Å²) in [6, 6.07) is 12.2. The van der Waals surface area contributed by atoms with Crippen LogP contribution in [0, 0.1) is 20.2 Å². The summed E-state index contributed by atoms with van der Waals surface area (Å²) in [5, 5.41) is 22.4. The molecule has 0 radical (unpaired) electrons. The molecule has 0 aliphatic rings. The van der Waals surface area contributed by atoms with Crippen molar-refractivity contribution in [2.45, 2.75) is 12.2 Å². The SMILES string of the molecule is C=CC(OC(C=C)c1ccccc1[N+](=O)[O-])c1ccccc1[N+](=O)[O-]. The van der Waals surface area contributed by atoms with Crippen LogP contribution in [0.4, 0.5) is 11.4 Å². The minimum absolute atomic E-state index is 0.113. The van der Waals surface area contributed by atoms with E-state index in [0.29, 0.717) is 11.1 Å². The molecule has 7 nitrogen and oxygen atoms in total. The van der Waals surface area contributed by atoms with Crippen molar-refractivity contribution in [1.82, 2.24) is 0 Å². The largest absolute Gasteiger partial charge is 0.357 e. The fourth-order valence-electron chi connectivity index (χ4n) is 2.46. The van der Waals surface area contributed by atoms with Crippen LogP contribution in [0.15, 0.2) is 73.8 Å². The van der Waals surface area contributed by atoms with Gasteiger partial charge in [-0.1, -0.05) is 36.4 Å². The van der Waals surface area contributed by atoms with E-state index in [4.69, 9.17) is 4.74 Å². The molecule has 0 fully saturated rings. The average molecular weight is 340 g/mol. The molecule has 7 heteroatoms. The maximum atomic E-state index is 11.2. The van der Waals surface area contributed by atoms with E-state index in [1.165, 1.54) is 24.3 Å². The lowest BCUT2D eigenvalue weighted by Crippen LogP contribution is -2.10. The maximum absolute atomic E-state index is 11.2. The second-order valence-corrected chi connectivity index (χ2v) is 5.08. The van der Waals surface area contributed by atoms with Crippen molar-refractivity contribution in [3.05, 3.63) is 105 Å². The zero-order chi connectivity index (χ0) is 18.4. The Hall–Kier alpha value is -3.32. The minimum Gasteiger partial charge on any atom is -0.357 e. The summed E-state index contributed by atoms with van der Waals surface area (Å²) < 4.78 is 5.86. The smallest absolute Gasteiger partial charge is 0.275 e. The number of nitrogens with zero attached hydrogens (tertiary/aromatic N) is 2. The first-order chi connectivity index (χ1) is 12.0. The van der Waals surface area contributed by atoms with E-state index in [1.807, 2.05) is 0 Å². The topological polar surface area (TPSA) is 95.5 Å². The molecule has 0 aliphatic heterocycles. The molecule has 2 atom stereocenters. The third-order valence-electron chi connectivity index (χ3n) is 3.60. The Morgan fingerprint density at radius 3 is 1.48 bits per heavy atom. The molecule has 0 aromatic heterocycles. The summed E-state index contributed by atoms with van der Waals surface area (Å²) in [4.78, 5) is 21.4. The first-order valence-electron chi connectivity index (χ1n) is 7.36. The Bertz CT molecular complexity index is 751. The summed E-state index contributed by atoms with van der Waals surface area (Å²) in [5.74, 6) is 0. The first kappa shape index (κ1) is 18.0. The normalized spacial score (nSPS) is 12.8. The molecule has 2 aromatic carbocycles. The molecular formula is C18H16N2O5. The Balaban J connectivity index is 2.41. The Labute approximate surface area is 144 Å². The molecular weight excluding hydrogens is 324 g/mol. The molecule has 0 spiro atoms. The van der Waals surface area contributed by atoms with Gasteiger partial charge in [0.2, 0.25) is 0 Å². The zero-order valence-corrected chi connectivity index (χ0v) is 13.3. The van der Waals surface area contributed by atoms with Crippen molar-refractivity contribution in [3.8, 4) is 0 Å². The molecule has 0 heterocycles. The lowest BCUT2D eigenvalue weighted by molar-refractivity contribution is -0.386. The van der Waals surface area contributed by atoms with Gasteiger partial charge in [-0.3, -0.25) is 20.2 Å². The number of ether oxygens (including phenoxy) is 1. The molecule has 0 amide bonds. The highest BCUT2D eigenvalue weighted by molar-refractivity contribution is 5.45. The van der Waals surface area contributed by atoms with Crippen LogP contribution >= 0.6 is 0 Å². The minimum atomic E-state index is -0.829. The van der Waals surface area contributed by atoms with Gasteiger partial charge < -0.3 is 4.74 Å². The molecule has 2 aromatic rings.